The summed E-state index contributed by atoms with van der Waals surface area (Å²) in [6.45, 7) is -0.223. The smallest absolute Gasteiger partial charge is 0.455 e. The molecule has 7 nitrogen and oxygen atoms in total. The molecule has 2 rings (SSSR count). The van der Waals surface area contributed by atoms with E-state index in [1.807, 2.05) is 0 Å². The van der Waals surface area contributed by atoms with Crippen molar-refractivity contribution >= 4 is 23.4 Å². The van der Waals surface area contributed by atoms with Gasteiger partial charge in [0.2, 0.25) is 11.8 Å². The summed E-state index contributed by atoms with van der Waals surface area (Å²) >= 11 is 0. The predicted molar refractivity (Wildman–Crippen MR) is 95.1 cm³/mol. The van der Waals surface area contributed by atoms with Crippen molar-refractivity contribution < 1.29 is 41.1 Å². The van der Waals surface area contributed by atoms with Crippen LogP contribution in [0.4, 0.5) is 27.6 Å². The Morgan fingerprint density at radius 3 is 2.33 bits per heavy atom. The first-order valence-corrected chi connectivity index (χ1v) is 8.71. The quantitative estimate of drug-likeness (QED) is 0.544. The van der Waals surface area contributed by atoms with Gasteiger partial charge in [0.15, 0.2) is 0 Å². The van der Waals surface area contributed by atoms with Crippen molar-refractivity contribution in [2.24, 2.45) is 5.41 Å². The number of benzene rings is 1. The summed E-state index contributed by atoms with van der Waals surface area (Å²) in [5.74, 6) is -7.74. The fourth-order valence-electron chi connectivity index (χ4n) is 2.51. The van der Waals surface area contributed by atoms with E-state index in [9.17, 15) is 36.3 Å². The first-order chi connectivity index (χ1) is 13.7. The Bertz CT molecular complexity index is 841. The zero-order chi connectivity index (χ0) is 22.9. The van der Waals surface area contributed by atoms with Crippen LogP contribution >= 0.6 is 0 Å². The van der Waals surface area contributed by atoms with Gasteiger partial charge in [0.25, 0.3) is 5.91 Å². The van der Waals surface area contributed by atoms with Gasteiger partial charge in [-0.2, -0.15) is 22.0 Å². The highest BCUT2D eigenvalue weighted by Crippen LogP contribution is 2.35. The third-order valence-electron chi connectivity index (χ3n) is 4.59. The largest absolute Gasteiger partial charge is 0.489 e. The minimum absolute atomic E-state index is 0.268. The third kappa shape index (κ3) is 4.62. The number of ether oxygens (including phenoxy) is 1. The summed E-state index contributed by atoms with van der Waals surface area (Å²) in [5, 5.41) is 3.73. The van der Waals surface area contributed by atoms with Gasteiger partial charge in [0, 0.05) is 7.05 Å². The van der Waals surface area contributed by atoms with E-state index in [-0.39, 0.29) is 6.61 Å². The van der Waals surface area contributed by atoms with E-state index >= 15 is 0 Å². The molecule has 166 valence electrons. The number of rotatable bonds is 5. The van der Waals surface area contributed by atoms with Crippen LogP contribution in [0.3, 0.4) is 0 Å². The molecule has 1 aliphatic rings. The summed E-state index contributed by atoms with van der Waals surface area (Å²) in [7, 11) is 1.45. The fraction of sp³-hybridized carbons (Fsp3) is 0.500. The average molecular weight is 437 g/mol. The van der Waals surface area contributed by atoms with Crippen LogP contribution in [0.25, 0.3) is 0 Å². The van der Waals surface area contributed by atoms with Gasteiger partial charge in [-0.3, -0.25) is 14.4 Å². The lowest BCUT2D eigenvalue weighted by atomic mass is 9.90. The van der Waals surface area contributed by atoms with E-state index in [2.05, 4.69) is 5.32 Å². The lowest BCUT2D eigenvalue weighted by Gasteiger charge is -2.27. The number of carbonyl (C=O) groups is 3. The molecule has 2 N–H and O–H groups in total. The first-order valence-electron chi connectivity index (χ1n) is 8.71. The van der Waals surface area contributed by atoms with Crippen LogP contribution in [0.5, 0.6) is 5.75 Å². The number of fused-ring (bicyclic) bond motifs is 1. The molecule has 0 unspecified atom stereocenters. The molecule has 0 saturated carbocycles. The van der Waals surface area contributed by atoms with E-state index in [1.54, 1.807) is 24.3 Å². The number of amides is 3. The zero-order valence-electron chi connectivity index (χ0n) is 16.3. The van der Waals surface area contributed by atoms with Crippen molar-refractivity contribution in [3.05, 3.63) is 24.3 Å². The van der Waals surface area contributed by atoms with Crippen molar-refractivity contribution in [2.75, 3.05) is 25.1 Å². The number of nitrogens with zero attached hydrogens (tertiary/aromatic N) is 1. The number of nitrogens with one attached hydrogen (secondary N) is 2. The molecule has 3 amide bonds. The van der Waals surface area contributed by atoms with Crippen LogP contribution in [0.1, 0.15) is 13.8 Å². The molecule has 30 heavy (non-hydrogen) atoms. The second kappa shape index (κ2) is 8.07. The van der Waals surface area contributed by atoms with Crippen LogP contribution in [0.2, 0.25) is 0 Å². The molecule has 0 fully saturated rings. The number of anilines is 1. The first kappa shape index (κ1) is 23.4. The lowest BCUT2D eigenvalue weighted by molar-refractivity contribution is -0.278. The van der Waals surface area contributed by atoms with E-state index < -0.39 is 47.8 Å². The van der Waals surface area contributed by atoms with Gasteiger partial charge in [-0.15, -0.1) is 0 Å². The van der Waals surface area contributed by atoms with Gasteiger partial charge >= 0.3 is 12.1 Å². The maximum absolute atomic E-state index is 13.0. The molecule has 1 atom stereocenters. The molecule has 0 radical (unpaired) electrons. The van der Waals surface area contributed by atoms with Gasteiger partial charge in [-0.1, -0.05) is 12.1 Å². The number of carbonyl (C=O) groups excluding carboxylic acids is 3. The van der Waals surface area contributed by atoms with Crippen molar-refractivity contribution in [3.8, 4) is 5.75 Å². The molecule has 0 aliphatic carbocycles. The molecule has 0 bridgehead atoms. The summed E-state index contributed by atoms with van der Waals surface area (Å²) in [6.07, 6.45) is -5.85. The molecule has 1 aromatic carbocycles. The van der Waals surface area contributed by atoms with Gasteiger partial charge in [-0.05, 0) is 26.0 Å². The summed E-state index contributed by atoms with van der Waals surface area (Å²) in [4.78, 5) is 38.5. The Labute approximate surface area is 168 Å². The normalized spacial score (nSPS) is 17.5. The molecule has 1 heterocycles. The summed E-state index contributed by atoms with van der Waals surface area (Å²) in [5.41, 5.74) is -1.59. The highest BCUT2D eigenvalue weighted by Gasteiger charge is 2.57. The minimum atomic E-state index is -5.85. The minimum Gasteiger partial charge on any atom is -0.489 e. The van der Waals surface area contributed by atoms with E-state index in [0.29, 0.717) is 11.4 Å². The van der Waals surface area contributed by atoms with Crippen LogP contribution in [0, 0.1) is 5.41 Å². The van der Waals surface area contributed by atoms with Crippen LogP contribution in [-0.2, 0) is 14.4 Å². The Morgan fingerprint density at radius 2 is 1.73 bits per heavy atom. The SMILES string of the molecule is CN1C(=O)[C@@H](NC(=O)C(C)(C)C(=O)NCC(F)(F)C(F)(F)F)COc2ccccc21. The zero-order valence-corrected chi connectivity index (χ0v) is 16.3. The maximum atomic E-state index is 13.0. The Balaban J connectivity index is 2.07. The highest BCUT2D eigenvalue weighted by molar-refractivity contribution is 6.07. The average Bonchev–Trinajstić information content (AvgIpc) is 2.77. The van der Waals surface area contributed by atoms with Crippen molar-refractivity contribution in [2.45, 2.75) is 32.0 Å². The molecular formula is C18H20F5N3O4. The van der Waals surface area contributed by atoms with E-state index in [1.165, 1.54) is 17.3 Å². The molecule has 0 saturated heterocycles. The van der Waals surface area contributed by atoms with Crippen molar-refractivity contribution in [3.63, 3.8) is 0 Å². The standard InChI is InChI=1S/C18H20F5N3O4/c1-16(2,14(28)24-9-17(19,20)18(21,22)23)15(29)25-10-8-30-12-7-5-4-6-11(12)26(3)13(10)27/h4-7,10H,8-9H2,1-3H3,(H,24,28)(H,25,29)/t10-/m0/s1. The number of hydrogen-bond acceptors (Lipinski definition) is 4. The second-order valence-electron chi connectivity index (χ2n) is 7.21. The lowest BCUT2D eigenvalue weighted by Crippen LogP contribution is -2.57. The maximum Gasteiger partial charge on any atom is 0.455 e. The number of likely N-dealkylation sites (N-methyl/N-ethyl adjacent to an activating group) is 1. The Hall–Kier alpha value is -2.92. The third-order valence-corrected chi connectivity index (χ3v) is 4.59. The molecule has 1 aromatic rings. The Morgan fingerprint density at radius 1 is 1.13 bits per heavy atom. The number of halogens is 5. The molecular weight excluding hydrogens is 417 g/mol. The summed E-state index contributed by atoms with van der Waals surface area (Å²) in [6, 6.07) is 5.38. The molecule has 12 heteroatoms. The highest BCUT2D eigenvalue weighted by atomic mass is 19.4. The van der Waals surface area contributed by atoms with Gasteiger partial charge in [0.1, 0.15) is 23.8 Å². The summed E-state index contributed by atoms with van der Waals surface area (Å²) < 4.78 is 68.3. The van der Waals surface area contributed by atoms with Crippen LogP contribution < -0.4 is 20.3 Å². The fourth-order valence-corrected chi connectivity index (χ4v) is 2.51. The number of hydrogen-bond donors (Lipinski definition) is 2. The molecule has 0 aromatic heterocycles. The van der Waals surface area contributed by atoms with Gasteiger partial charge in [-0.25, -0.2) is 0 Å². The Kier molecular flexibility index (Phi) is 6.29. The van der Waals surface area contributed by atoms with Crippen molar-refractivity contribution in [1.82, 2.24) is 10.6 Å². The topological polar surface area (TPSA) is 87.7 Å². The van der Waals surface area contributed by atoms with Gasteiger partial charge in [0.05, 0.1) is 12.2 Å². The van der Waals surface area contributed by atoms with E-state index in [0.717, 1.165) is 13.8 Å². The van der Waals surface area contributed by atoms with E-state index in [4.69, 9.17) is 4.74 Å². The predicted octanol–water partition coefficient (Wildman–Crippen LogP) is 1.87. The monoisotopic (exact) mass is 437 g/mol. The van der Waals surface area contributed by atoms with Crippen LogP contribution in [-0.4, -0.2) is 56.1 Å². The van der Waals surface area contributed by atoms with Crippen molar-refractivity contribution in [1.29, 1.82) is 0 Å². The van der Waals surface area contributed by atoms with Gasteiger partial charge < -0.3 is 20.3 Å². The molecule has 1 aliphatic heterocycles. The molecule has 0 spiro atoms. The second-order valence-corrected chi connectivity index (χ2v) is 7.21. The number of para-hydroxylation sites is 2. The number of alkyl halides is 5. The van der Waals surface area contributed by atoms with Crippen LogP contribution in [0.15, 0.2) is 24.3 Å².